The number of carboxylic acid groups (broad SMARTS) is 1. The predicted octanol–water partition coefficient (Wildman–Crippen LogP) is 5.44. The quantitative estimate of drug-likeness (QED) is 0.516. The number of amides is 1. The molecule has 0 heterocycles. The lowest BCUT2D eigenvalue weighted by molar-refractivity contribution is -0.132. The smallest absolute Gasteiger partial charge is 0.352 e. The van der Waals surface area contributed by atoms with Crippen molar-refractivity contribution in [2.75, 3.05) is 0 Å². The molecule has 0 radical (unpaired) electrons. The van der Waals surface area contributed by atoms with Crippen molar-refractivity contribution < 1.29 is 23.8 Å². The highest BCUT2D eigenvalue weighted by Gasteiger charge is 2.14. The Balaban J connectivity index is 1.79. The van der Waals surface area contributed by atoms with Crippen molar-refractivity contribution >= 4 is 29.6 Å². The Morgan fingerprint density at radius 2 is 1.70 bits per heavy atom. The summed E-state index contributed by atoms with van der Waals surface area (Å²) in [5, 5.41) is 11.9. The molecule has 0 saturated heterocycles. The summed E-state index contributed by atoms with van der Waals surface area (Å²) in [6, 6.07) is 17.6. The van der Waals surface area contributed by atoms with Crippen LogP contribution < -0.4 is 10.1 Å². The van der Waals surface area contributed by atoms with E-state index in [1.54, 1.807) is 73.7 Å². The summed E-state index contributed by atoms with van der Waals surface area (Å²) < 4.78 is 19.8. The lowest BCUT2D eigenvalue weighted by Gasteiger charge is -2.10. The van der Waals surface area contributed by atoms with Gasteiger partial charge < -0.3 is 15.2 Å². The van der Waals surface area contributed by atoms with E-state index in [2.05, 4.69) is 5.32 Å². The lowest BCUT2D eigenvalue weighted by Crippen LogP contribution is -2.27. The molecular formula is C23H17ClFNO4. The van der Waals surface area contributed by atoms with E-state index in [4.69, 9.17) is 16.3 Å². The normalized spacial score (nSPS) is 11.1. The minimum absolute atomic E-state index is 0.0821. The van der Waals surface area contributed by atoms with Crippen molar-refractivity contribution in [3.8, 4) is 11.5 Å². The summed E-state index contributed by atoms with van der Waals surface area (Å²) in [6.45, 7) is 1.60. The maximum absolute atomic E-state index is 14.2. The predicted molar refractivity (Wildman–Crippen MR) is 112 cm³/mol. The third kappa shape index (κ3) is 5.04. The number of ether oxygens (including phenoxy) is 1. The summed E-state index contributed by atoms with van der Waals surface area (Å²) in [7, 11) is 0. The molecule has 0 aliphatic carbocycles. The van der Waals surface area contributed by atoms with Gasteiger partial charge in [-0.15, -0.1) is 0 Å². The number of hydrogen-bond acceptors (Lipinski definition) is 3. The fourth-order valence-electron chi connectivity index (χ4n) is 2.58. The monoisotopic (exact) mass is 425 g/mol. The molecule has 0 unspecified atom stereocenters. The molecule has 3 aromatic rings. The zero-order valence-corrected chi connectivity index (χ0v) is 16.6. The molecule has 5 nitrogen and oxygen atoms in total. The third-order valence-corrected chi connectivity index (χ3v) is 4.47. The van der Waals surface area contributed by atoms with E-state index in [1.165, 1.54) is 6.08 Å². The molecule has 0 aromatic heterocycles. The Kier molecular flexibility index (Phi) is 6.49. The zero-order chi connectivity index (χ0) is 21.7. The number of carboxylic acids is 1. The standard InChI is InChI=1S/C23H17ClFNO4/c1-14-7-12-18(24)21(20(14)25)30-17-10-8-15(9-11-17)13-19(23(28)29)26-22(27)16-5-3-2-4-6-16/h2-13H,1H3,(H,26,27)(H,28,29). The van der Waals surface area contributed by atoms with Crippen LogP contribution in [0.4, 0.5) is 4.39 Å². The molecule has 7 heteroatoms. The lowest BCUT2D eigenvalue weighted by atomic mass is 10.1. The second-order valence-corrected chi connectivity index (χ2v) is 6.77. The highest BCUT2D eigenvalue weighted by Crippen LogP contribution is 2.33. The zero-order valence-electron chi connectivity index (χ0n) is 15.9. The fourth-order valence-corrected chi connectivity index (χ4v) is 2.76. The number of carbonyl (C=O) groups excluding carboxylic acids is 1. The summed E-state index contributed by atoms with van der Waals surface area (Å²) >= 11 is 6.01. The van der Waals surface area contributed by atoms with E-state index in [0.717, 1.165) is 0 Å². The van der Waals surface area contributed by atoms with Gasteiger partial charge in [0.2, 0.25) is 0 Å². The minimum Gasteiger partial charge on any atom is -0.477 e. The van der Waals surface area contributed by atoms with Gasteiger partial charge in [0.15, 0.2) is 11.6 Å². The minimum atomic E-state index is -1.28. The molecule has 3 aromatic carbocycles. The van der Waals surface area contributed by atoms with Gasteiger partial charge in [-0.05, 0) is 54.5 Å². The Morgan fingerprint density at radius 3 is 2.33 bits per heavy atom. The van der Waals surface area contributed by atoms with Crippen LogP contribution >= 0.6 is 11.6 Å². The Hall–Kier alpha value is -3.64. The van der Waals surface area contributed by atoms with Gasteiger partial charge in [0, 0.05) is 5.56 Å². The maximum atomic E-state index is 14.2. The number of aliphatic carboxylic acids is 1. The average Bonchev–Trinajstić information content (AvgIpc) is 2.75. The van der Waals surface area contributed by atoms with Gasteiger partial charge >= 0.3 is 5.97 Å². The van der Waals surface area contributed by atoms with Crippen LogP contribution in [-0.4, -0.2) is 17.0 Å². The number of benzene rings is 3. The van der Waals surface area contributed by atoms with Crippen LogP contribution in [0.25, 0.3) is 6.08 Å². The molecular weight excluding hydrogens is 409 g/mol. The molecule has 0 spiro atoms. The van der Waals surface area contributed by atoms with Crippen molar-refractivity contribution in [1.29, 1.82) is 0 Å². The van der Waals surface area contributed by atoms with Gasteiger partial charge in [0.25, 0.3) is 5.91 Å². The van der Waals surface area contributed by atoms with Crippen molar-refractivity contribution in [2.45, 2.75) is 6.92 Å². The highest BCUT2D eigenvalue weighted by atomic mass is 35.5. The topological polar surface area (TPSA) is 75.6 Å². The second kappa shape index (κ2) is 9.24. The van der Waals surface area contributed by atoms with E-state index < -0.39 is 17.7 Å². The highest BCUT2D eigenvalue weighted by molar-refractivity contribution is 6.32. The van der Waals surface area contributed by atoms with Crippen LogP contribution in [0, 0.1) is 12.7 Å². The molecule has 3 rings (SSSR count). The fraction of sp³-hybridized carbons (Fsp3) is 0.0435. The van der Waals surface area contributed by atoms with Gasteiger partial charge in [-0.1, -0.05) is 48.0 Å². The van der Waals surface area contributed by atoms with Gasteiger partial charge in [0.05, 0.1) is 5.02 Å². The van der Waals surface area contributed by atoms with Crippen LogP contribution in [0.3, 0.4) is 0 Å². The Labute approximate surface area is 177 Å². The summed E-state index contributed by atoms with van der Waals surface area (Å²) in [5.74, 6) is -2.13. The third-order valence-electron chi connectivity index (χ3n) is 4.17. The first kappa shape index (κ1) is 21.1. The molecule has 0 aliphatic heterocycles. The average molecular weight is 426 g/mol. The van der Waals surface area contributed by atoms with Gasteiger partial charge in [-0.3, -0.25) is 4.79 Å². The number of nitrogens with one attached hydrogen (secondary N) is 1. The molecule has 0 aliphatic rings. The SMILES string of the molecule is Cc1ccc(Cl)c(Oc2ccc(C=C(NC(=O)c3ccccc3)C(=O)O)cc2)c1F. The molecule has 0 atom stereocenters. The summed E-state index contributed by atoms with van der Waals surface area (Å²) in [4.78, 5) is 23.7. The van der Waals surface area contributed by atoms with Crippen molar-refractivity contribution in [2.24, 2.45) is 0 Å². The molecule has 0 fully saturated rings. The van der Waals surface area contributed by atoms with Gasteiger partial charge in [0.1, 0.15) is 11.4 Å². The molecule has 152 valence electrons. The largest absolute Gasteiger partial charge is 0.477 e. The van der Waals surface area contributed by atoms with Crippen LogP contribution in [-0.2, 0) is 4.79 Å². The number of rotatable bonds is 6. The van der Waals surface area contributed by atoms with Crippen LogP contribution in [0.2, 0.25) is 5.02 Å². The Bertz CT molecular complexity index is 1110. The van der Waals surface area contributed by atoms with Gasteiger partial charge in [-0.2, -0.15) is 0 Å². The van der Waals surface area contributed by atoms with E-state index in [9.17, 15) is 19.1 Å². The maximum Gasteiger partial charge on any atom is 0.352 e. The Morgan fingerprint density at radius 1 is 1.03 bits per heavy atom. The van der Waals surface area contributed by atoms with E-state index in [-0.39, 0.29) is 16.5 Å². The molecule has 0 bridgehead atoms. The van der Waals surface area contributed by atoms with E-state index in [0.29, 0.717) is 22.4 Å². The first-order valence-electron chi connectivity index (χ1n) is 8.89. The van der Waals surface area contributed by atoms with Gasteiger partial charge in [-0.25, -0.2) is 9.18 Å². The molecule has 0 saturated carbocycles. The second-order valence-electron chi connectivity index (χ2n) is 6.36. The summed E-state index contributed by atoms with van der Waals surface area (Å²) in [5.41, 5.74) is 0.953. The van der Waals surface area contributed by atoms with Crippen molar-refractivity contribution in [3.05, 3.63) is 100.0 Å². The van der Waals surface area contributed by atoms with Crippen LogP contribution in [0.15, 0.2) is 72.4 Å². The van der Waals surface area contributed by atoms with Crippen molar-refractivity contribution in [1.82, 2.24) is 5.32 Å². The van der Waals surface area contributed by atoms with E-state index in [1.807, 2.05) is 0 Å². The number of halogens is 2. The number of carbonyl (C=O) groups is 2. The first-order valence-corrected chi connectivity index (χ1v) is 9.27. The summed E-state index contributed by atoms with van der Waals surface area (Å²) in [6.07, 6.45) is 1.31. The molecule has 1 amide bonds. The molecule has 2 N–H and O–H groups in total. The number of hydrogen-bond donors (Lipinski definition) is 2. The first-order chi connectivity index (χ1) is 14.3. The number of aryl methyl sites for hydroxylation is 1. The molecule has 30 heavy (non-hydrogen) atoms. The van der Waals surface area contributed by atoms with Crippen molar-refractivity contribution in [3.63, 3.8) is 0 Å². The van der Waals surface area contributed by atoms with E-state index >= 15 is 0 Å². The van der Waals surface area contributed by atoms with Crippen LogP contribution in [0.1, 0.15) is 21.5 Å². The van der Waals surface area contributed by atoms with Crippen LogP contribution in [0.5, 0.6) is 11.5 Å².